The van der Waals surface area contributed by atoms with Crippen molar-refractivity contribution in [3.05, 3.63) is 84.2 Å². The number of halogens is 2. The van der Waals surface area contributed by atoms with Gasteiger partial charge in [0.25, 0.3) is 0 Å². The smallest absolute Gasteiger partial charge is 0.212 e. The molecule has 0 radical (unpaired) electrons. The van der Waals surface area contributed by atoms with Gasteiger partial charge in [-0.05, 0) is 36.1 Å². The highest BCUT2D eigenvalue weighted by molar-refractivity contribution is 14.1. The van der Waals surface area contributed by atoms with Crippen molar-refractivity contribution in [2.75, 3.05) is 4.93 Å². The maximum absolute atomic E-state index is 4.38. The minimum absolute atomic E-state index is 0. The molecule has 4 aromatic rings. The molecule has 0 saturated heterocycles. The van der Waals surface area contributed by atoms with Crippen LogP contribution in [0.15, 0.2) is 72.8 Å². The number of benzene rings is 2. The van der Waals surface area contributed by atoms with Crippen LogP contribution >= 0.6 is 22.6 Å². The van der Waals surface area contributed by atoms with Gasteiger partial charge in [-0.3, -0.25) is 4.98 Å². The average Bonchev–Trinajstić information content (AvgIpc) is 2.67. The molecule has 0 unspecified atom stereocenters. The summed E-state index contributed by atoms with van der Waals surface area (Å²) in [4.78, 5) is 6.35. The number of nitrogens with zero attached hydrogens (tertiary/aromatic N) is 2. The van der Waals surface area contributed by atoms with E-state index < -0.39 is 0 Å². The van der Waals surface area contributed by atoms with Crippen LogP contribution in [0.5, 0.6) is 0 Å². The van der Waals surface area contributed by atoms with Gasteiger partial charge in [0, 0.05) is 35.5 Å². The number of aromatic nitrogens is 2. The Morgan fingerprint density at radius 1 is 0.731 bits per heavy atom. The third-order valence-corrected chi connectivity index (χ3v) is 4.07. The first-order valence-electron chi connectivity index (χ1n) is 8.20. The second-order valence-corrected chi connectivity index (χ2v) is 5.74. The fourth-order valence-electron chi connectivity index (χ4n) is 2.61. The van der Waals surface area contributed by atoms with Crippen molar-refractivity contribution < 1.29 is 28.5 Å². The SMILES string of the molecule is CI.Cc1ccc2ccccc2[n+]1C.Cc1ccc2ccccc2n1.[I-]. The first kappa shape index (κ1) is 22.8. The molecule has 0 fully saturated rings. The lowest BCUT2D eigenvalue weighted by molar-refractivity contribution is -0.651. The summed E-state index contributed by atoms with van der Waals surface area (Å²) >= 11 is 2.15. The molecule has 0 bridgehead atoms. The minimum Gasteiger partial charge on any atom is -1.00 e. The maximum Gasteiger partial charge on any atom is 0.212 e. The van der Waals surface area contributed by atoms with Crippen LogP contribution in [0.25, 0.3) is 21.8 Å². The number of rotatable bonds is 0. The second-order valence-electron chi connectivity index (χ2n) is 5.74. The highest BCUT2D eigenvalue weighted by atomic mass is 127. The number of alkyl halides is 1. The molecule has 0 saturated carbocycles. The molecule has 0 aliphatic heterocycles. The fourth-order valence-corrected chi connectivity index (χ4v) is 2.61. The van der Waals surface area contributed by atoms with Crippen molar-refractivity contribution in [1.29, 1.82) is 0 Å². The number of aryl methyl sites for hydroxylation is 3. The van der Waals surface area contributed by atoms with Gasteiger partial charge in [0.1, 0.15) is 7.05 Å². The van der Waals surface area contributed by atoms with E-state index in [1.54, 1.807) is 0 Å². The van der Waals surface area contributed by atoms with Crippen molar-refractivity contribution >= 4 is 44.4 Å². The first-order valence-corrected chi connectivity index (χ1v) is 10.4. The Labute approximate surface area is 186 Å². The number of pyridine rings is 2. The Morgan fingerprint density at radius 2 is 1.31 bits per heavy atom. The van der Waals surface area contributed by atoms with Gasteiger partial charge < -0.3 is 24.0 Å². The number of hydrogen-bond donors (Lipinski definition) is 0. The standard InChI is InChI=1S/C11H12N.C10H9N.CH3I.HI/c1-9-7-8-10-5-3-4-6-11(10)12(9)2;1-8-6-7-9-4-2-3-5-10(9)11-8;1-2;/h3-8H,1-2H3;2-7H,1H3;1H3;1H/q+1;;;/p-1. The molecule has 0 spiro atoms. The van der Waals surface area contributed by atoms with Gasteiger partial charge >= 0.3 is 0 Å². The highest BCUT2D eigenvalue weighted by Crippen LogP contribution is 2.10. The van der Waals surface area contributed by atoms with Gasteiger partial charge in [-0.2, -0.15) is 4.57 Å². The number of hydrogen-bond acceptors (Lipinski definition) is 1. The largest absolute Gasteiger partial charge is 1.00 e. The molecule has 2 nitrogen and oxygen atoms in total. The monoisotopic (exact) mass is 570 g/mol. The molecular weight excluding hydrogens is 546 g/mol. The van der Waals surface area contributed by atoms with Crippen LogP contribution in [0.1, 0.15) is 11.4 Å². The Bertz CT molecular complexity index is 968. The summed E-state index contributed by atoms with van der Waals surface area (Å²) in [6, 6.07) is 25.0. The summed E-state index contributed by atoms with van der Waals surface area (Å²) in [5, 5.41) is 2.50. The zero-order valence-electron chi connectivity index (χ0n) is 15.6. The lowest BCUT2D eigenvalue weighted by Crippen LogP contribution is -3.00. The van der Waals surface area contributed by atoms with E-state index in [1.165, 1.54) is 22.0 Å². The van der Waals surface area contributed by atoms with Gasteiger partial charge in [-0.15, -0.1) is 0 Å². The van der Waals surface area contributed by atoms with Crippen LogP contribution in [0, 0.1) is 13.8 Å². The van der Waals surface area contributed by atoms with E-state index in [9.17, 15) is 0 Å². The van der Waals surface area contributed by atoms with Gasteiger partial charge in [0.05, 0.1) is 5.52 Å². The maximum atomic E-state index is 4.38. The van der Waals surface area contributed by atoms with Crippen molar-refractivity contribution in [3.63, 3.8) is 0 Å². The van der Waals surface area contributed by atoms with Crippen molar-refractivity contribution in [2.24, 2.45) is 7.05 Å². The van der Waals surface area contributed by atoms with Gasteiger partial charge in [0.2, 0.25) is 5.52 Å². The van der Waals surface area contributed by atoms with E-state index >= 15 is 0 Å². The zero-order chi connectivity index (χ0) is 18.2. The lowest BCUT2D eigenvalue weighted by atomic mass is 10.2. The summed E-state index contributed by atoms with van der Waals surface area (Å²) < 4.78 is 2.20. The molecule has 2 aromatic carbocycles. The number of fused-ring (bicyclic) bond motifs is 2. The summed E-state index contributed by atoms with van der Waals surface area (Å²) in [7, 11) is 2.09. The zero-order valence-corrected chi connectivity index (χ0v) is 19.9. The lowest BCUT2D eigenvalue weighted by Gasteiger charge is -1.97. The van der Waals surface area contributed by atoms with E-state index in [0.29, 0.717) is 0 Å². The molecule has 4 heteroatoms. The van der Waals surface area contributed by atoms with Crippen LogP contribution in [0.2, 0.25) is 0 Å². The summed E-state index contributed by atoms with van der Waals surface area (Å²) in [6.45, 7) is 4.12. The summed E-state index contributed by atoms with van der Waals surface area (Å²) in [5.74, 6) is 0. The van der Waals surface area contributed by atoms with Crippen LogP contribution in [-0.2, 0) is 7.05 Å². The topological polar surface area (TPSA) is 16.8 Å². The van der Waals surface area contributed by atoms with Crippen LogP contribution in [0.3, 0.4) is 0 Å². The molecule has 4 rings (SSSR count). The second kappa shape index (κ2) is 11.4. The summed E-state index contributed by atoms with van der Waals surface area (Å²) in [6.07, 6.45) is 0. The number of para-hydroxylation sites is 2. The predicted molar refractivity (Wildman–Crippen MR) is 116 cm³/mol. The Balaban J connectivity index is 0.000000230. The van der Waals surface area contributed by atoms with E-state index in [2.05, 4.69) is 94.6 Å². The van der Waals surface area contributed by atoms with E-state index in [0.717, 1.165) is 11.2 Å². The Hall–Kier alpha value is -1.28. The van der Waals surface area contributed by atoms with Crippen LogP contribution in [-0.4, -0.2) is 9.91 Å². The third-order valence-electron chi connectivity index (χ3n) is 4.07. The van der Waals surface area contributed by atoms with Gasteiger partial charge in [0.15, 0.2) is 5.69 Å². The molecule has 2 aromatic heterocycles. The molecule has 0 N–H and O–H groups in total. The predicted octanol–water partition coefficient (Wildman–Crippen LogP) is 2.57. The van der Waals surface area contributed by atoms with E-state index in [1.807, 2.05) is 36.1 Å². The molecule has 0 aliphatic rings. The van der Waals surface area contributed by atoms with E-state index in [-0.39, 0.29) is 24.0 Å². The quantitative estimate of drug-likeness (QED) is 0.181. The molecule has 0 amide bonds. The molecular formula is C22H24I2N2. The molecule has 26 heavy (non-hydrogen) atoms. The van der Waals surface area contributed by atoms with Crippen LogP contribution in [0.4, 0.5) is 0 Å². The fraction of sp³-hybridized carbons (Fsp3) is 0.182. The average molecular weight is 570 g/mol. The van der Waals surface area contributed by atoms with Crippen LogP contribution < -0.4 is 28.5 Å². The van der Waals surface area contributed by atoms with Gasteiger partial charge in [-0.1, -0.05) is 59.0 Å². The first-order chi connectivity index (χ1) is 12.1. The third kappa shape index (κ3) is 5.87. The Morgan fingerprint density at radius 3 is 2.04 bits per heavy atom. The van der Waals surface area contributed by atoms with Gasteiger partial charge in [-0.25, -0.2) is 0 Å². The molecule has 0 atom stereocenters. The minimum atomic E-state index is 0. The molecule has 136 valence electrons. The summed E-state index contributed by atoms with van der Waals surface area (Å²) in [5.41, 5.74) is 4.72. The van der Waals surface area contributed by atoms with Crippen molar-refractivity contribution in [1.82, 2.24) is 4.98 Å². The molecule has 2 heterocycles. The highest BCUT2D eigenvalue weighted by Gasteiger charge is 2.05. The van der Waals surface area contributed by atoms with E-state index in [4.69, 9.17) is 0 Å². The van der Waals surface area contributed by atoms with Crippen molar-refractivity contribution in [2.45, 2.75) is 13.8 Å². The normalized spacial score (nSPS) is 9.42. The Kier molecular flexibility index (Phi) is 10.0. The van der Waals surface area contributed by atoms with Crippen molar-refractivity contribution in [3.8, 4) is 0 Å². The molecule has 0 aliphatic carbocycles.